The highest BCUT2D eigenvalue weighted by Crippen LogP contribution is 2.03. The molecule has 0 aliphatic heterocycles. The average Bonchev–Trinajstić information content (AvgIpc) is 2.41. The highest BCUT2D eigenvalue weighted by atomic mass is 32.1. The van der Waals surface area contributed by atoms with Crippen LogP contribution in [0, 0.1) is 0 Å². The maximum absolute atomic E-state index is 4.83. The molecule has 0 spiro atoms. The van der Waals surface area contributed by atoms with Gasteiger partial charge in [-0.3, -0.25) is 0 Å². The molecule has 0 aliphatic rings. The standard InChI is InChI=1S/2C7H6S2/c2*8-7(9)6-4-2-1-3-5-6/h2*1-5H,(H,8,9). The summed E-state index contributed by atoms with van der Waals surface area (Å²) < 4.78 is 1.30. The van der Waals surface area contributed by atoms with Gasteiger partial charge in [-0.2, -0.15) is 0 Å². The molecule has 2 rings (SSSR count). The van der Waals surface area contributed by atoms with E-state index in [-0.39, 0.29) is 0 Å². The summed E-state index contributed by atoms with van der Waals surface area (Å²) in [6.07, 6.45) is 0. The van der Waals surface area contributed by atoms with Crippen LogP contribution < -0.4 is 0 Å². The van der Waals surface area contributed by atoms with Crippen molar-refractivity contribution in [3.8, 4) is 0 Å². The minimum Gasteiger partial charge on any atom is -0.131 e. The van der Waals surface area contributed by atoms with Gasteiger partial charge in [-0.05, 0) is 11.1 Å². The van der Waals surface area contributed by atoms with E-state index in [1.807, 2.05) is 60.7 Å². The van der Waals surface area contributed by atoms with Crippen molar-refractivity contribution in [2.75, 3.05) is 0 Å². The second-order valence-electron chi connectivity index (χ2n) is 3.34. The van der Waals surface area contributed by atoms with Crippen LogP contribution in [0.15, 0.2) is 60.7 Å². The van der Waals surface area contributed by atoms with Crippen molar-refractivity contribution in [1.29, 1.82) is 0 Å². The number of thiocarbonyl (C=S) groups is 2. The van der Waals surface area contributed by atoms with Crippen LogP contribution in [-0.2, 0) is 0 Å². The third-order valence-electron chi connectivity index (χ3n) is 2.04. The fourth-order valence-electron chi connectivity index (χ4n) is 1.16. The molecule has 0 atom stereocenters. The van der Waals surface area contributed by atoms with E-state index in [1.165, 1.54) is 0 Å². The molecule has 18 heavy (non-hydrogen) atoms. The Kier molecular flexibility index (Phi) is 7.20. The van der Waals surface area contributed by atoms with E-state index in [4.69, 9.17) is 24.4 Å². The van der Waals surface area contributed by atoms with Crippen molar-refractivity contribution >= 4 is 58.1 Å². The lowest BCUT2D eigenvalue weighted by Crippen LogP contribution is -1.83. The van der Waals surface area contributed by atoms with E-state index in [2.05, 4.69) is 25.3 Å². The predicted octanol–water partition coefficient (Wildman–Crippen LogP) is 4.58. The van der Waals surface area contributed by atoms with E-state index in [0.29, 0.717) is 8.39 Å². The minimum atomic E-state index is 0.649. The molecule has 0 heterocycles. The van der Waals surface area contributed by atoms with Crippen molar-refractivity contribution in [1.82, 2.24) is 0 Å². The van der Waals surface area contributed by atoms with Gasteiger partial charge in [0.25, 0.3) is 0 Å². The molecule has 0 saturated heterocycles. The van der Waals surface area contributed by atoms with Crippen molar-refractivity contribution in [3.63, 3.8) is 0 Å². The summed E-state index contributed by atoms with van der Waals surface area (Å²) in [5.74, 6) is 0. The molecule has 2 aromatic carbocycles. The average molecular weight is 309 g/mol. The molecule has 0 nitrogen and oxygen atoms in total. The largest absolute Gasteiger partial charge is 0.131 e. The molecule has 0 N–H and O–H groups in total. The SMILES string of the molecule is S=C(S)c1ccccc1.S=C(S)c1ccccc1. The molecule has 0 aromatic heterocycles. The molecule has 4 heteroatoms. The molecule has 0 unspecified atom stereocenters. The number of hydrogen-bond donors (Lipinski definition) is 2. The molecule has 0 saturated carbocycles. The molecule has 0 fully saturated rings. The summed E-state index contributed by atoms with van der Waals surface area (Å²) in [5.41, 5.74) is 2.02. The van der Waals surface area contributed by atoms with Gasteiger partial charge in [0.15, 0.2) is 0 Å². The van der Waals surface area contributed by atoms with Crippen LogP contribution in [0.25, 0.3) is 0 Å². The zero-order valence-corrected chi connectivity index (χ0v) is 12.9. The lowest BCUT2D eigenvalue weighted by atomic mass is 10.2. The monoisotopic (exact) mass is 308 g/mol. The fourth-order valence-corrected chi connectivity index (χ4v) is 1.73. The van der Waals surface area contributed by atoms with E-state index in [0.717, 1.165) is 11.1 Å². The van der Waals surface area contributed by atoms with Gasteiger partial charge in [0.05, 0.1) is 8.39 Å². The summed E-state index contributed by atoms with van der Waals surface area (Å²) in [6, 6.07) is 19.4. The molecule has 0 amide bonds. The normalized spacial score (nSPS) is 9.00. The summed E-state index contributed by atoms with van der Waals surface area (Å²) >= 11 is 17.7. The molecule has 2 aromatic rings. The maximum Gasteiger partial charge on any atom is 0.0747 e. The molecule has 0 aliphatic carbocycles. The Morgan fingerprint density at radius 2 is 0.889 bits per heavy atom. The Bertz CT molecular complexity index is 456. The number of benzene rings is 2. The van der Waals surface area contributed by atoms with Crippen molar-refractivity contribution in [3.05, 3.63) is 71.8 Å². The zero-order valence-electron chi connectivity index (χ0n) is 9.48. The number of thiol groups is 2. The number of rotatable bonds is 2. The second-order valence-corrected chi connectivity index (χ2v) is 5.66. The Balaban J connectivity index is 0.000000180. The van der Waals surface area contributed by atoms with Crippen molar-refractivity contribution < 1.29 is 0 Å². The van der Waals surface area contributed by atoms with E-state index in [9.17, 15) is 0 Å². The zero-order chi connectivity index (χ0) is 13.4. The van der Waals surface area contributed by atoms with Gasteiger partial charge in [-0.1, -0.05) is 85.1 Å². The minimum absolute atomic E-state index is 0.649. The molecular weight excluding hydrogens is 296 g/mol. The summed E-state index contributed by atoms with van der Waals surface area (Å²) in [7, 11) is 0. The van der Waals surface area contributed by atoms with Gasteiger partial charge in [0, 0.05) is 0 Å². The van der Waals surface area contributed by atoms with E-state index in [1.54, 1.807) is 0 Å². The smallest absolute Gasteiger partial charge is 0.0747 e. The van der Waals surface area contributed by atoms with Crippen LogP contribution in [-0.4, -0.2) is 8.39 Å². The summed E-state index contributed by atoms with van der Waals surface area (Å²) in [4.78, 5) is 0. The first-order valence-electron chi connectivity index (χ1n) is 5.18. The van der Waals surface area contributed by atoms with Gasteiger partial charge in [-0.25, -0.2) is 0 Å². The number of hydrogen-bond acceptors (Lipinski definition) is 2. The Morgan fingerprint density at radius 1 is 0.611 bits per heavy atom. The van der Waals surface area contributed by atoms with Gasteiger partial charge in [-0.15, -0.1) is 25.3 Å². The first-order valence-corrected chi connectivity index (χ1v) is 6.89. The van der Waals surface area contributed by atoms with Crippen LogP contribution in [0.5, 0.6) is 0 Å². The first kappa shape index (κ1) is 15.4. The Labute approximate surface area is 129 Å². The van der Waals surface area contributed by atoms with E-state index >= 15 is 0 Å². The van der Waals surface area contributed by atoms with Crippen LogP contribution >= 0.6 is 49.7 Å². The predicted molar refractivity (Wildman–Crippen MR) is 94.3 cm³/mol. The first-order chi connectivity index (χ1) is 8.61. The topological polar surface area (TPSA) is 0 Å². The van der Waals surface area contributed by atoms with Gasteiger partial charge in [0.1, 0.15) is 0 Å². The van der Waals surface area contributed by atoms with Gasteiger partial charge < -0.3 is 0 Å². The molecule has 0 bridgehead atoms. The third kappa shape index (κ3) is 5.78. The Morgan fingerprint density at radius 3 is 1.06 bits per heavy atom. The second kappa shape index (κ2) is 8.43. The third-order valence-corrected chi connectivity index (χ3v) is 3.03. The van der Waals surface area contributed by atoms with Crippen LogP contribution in [0.2, 0.25) is 0 Å². The van der Waals surface area contributed by atoms with Crippen LogP contribution in [0.1, 0.15) is 11.1 Å². The van der Waals surface area contributed by atoms with Crippen LogP contribution in [0.3, 0.4) is 0 Å². The summed E-state index contributed by atoms with van der Waals surface area (Å²) in [5, 5.41) is 0. The highest BCUT2D eigenvalue weighted by Gasteiger charge is 1.90. The van der Waals surface area contributed by atoms with E-state index < -0.39 is 0 Å². The lowest BCUT2D eigenvalue weighted by Gasteiger charge is -1.91. The van der Waals surface area contributed by atoms with Gasteiger partial charge >= 0.3 is 0 Å². The molecule has 0 radical (unpaired) electrons. The fraction of sp³-hybridized carbons (Fsp3) is 0. The molecule has 92 valence electrons. The maximum atomic E-state index is 4.83. The van der Waals surface area contributed by atoms with Crippen LogP contribution in [0.4, 0.5) is 0 Å². The Hall–Kier alpha value is -0.680. The quantitative estimate of drug-likeness (QED) is 0.615. The van der Waals surface area contributed by atoms with Gasteiger partial charge in [0.2, 0.25) is 0 Å². The summed E-state index contributed by atoms with van der Waals surface area (Å²) in [6.45, 7) is 0. The van der Waals surface area contributed by atoms with Crippen molar-refractivity contribution in [2.45, 2.75) is 0 Å². The highest BCUT2D eigenvalue weighted by molar-refractivity contribution is 8.12. The lowest BCUT2D eigenvalue weighted by molar-refractivity contribution is 1.69. The molecular formula is C14H12S4. The van der Waals surface area contributed by atoms with Crippen molar-refractivity contribution in [2.24, 2.45) is 0 Å².